The van der Waals surface area contributed by atoms with Crippen LogP contribution in [-0.2, 0) is 24.8 Å². The van der Waals surface area contributed by atoms with E-state index in [1.807, 2.05) is 0 Å². The Morgan fingerprint density at radius 2 is 1.59 bits per heavy atom. The number of carbonyl (C=O) groups excluding carboxylic acids is 1. The van der Waals surface area contributed by atoms with Gasteiger partial charge >= 0.3 is 0 Å². The summed E-state index contributed by atoms with van der Waals surface area (Å²) >= 11 is 5.41. The van der Waals surface area contributed by atoms with Crippen molar-refractivity contribution in [3.05, 3.63) is 0 Å². The Morgan fingerprint density at radius 1 is 1.12 bits per heavy atom. The van der Waals surface area contributed by atoms with Gasteiger partial charge < -0.3 is 0 Å². The monoisotopic (exact) mass is 306 g/mol. The van der Waals surface area contributed by atoms with Crippen molar-refractivity contribution >= 4 is 37.6 Å². The lowest BCUT2D eigenvalue weighted by atomic mass is 10.5. The van der Waals surface area contributed by atoms with Gasteiger partial charge in [0.25, 0.3) is 5.91 Å². The molecule has 0 saturated heterocycles. The zero-order chi connectivity index (χ0) is 13.9. The van der Waals surface area contributed by atoms with Crippen LogP contribution in [0.3, 0.4) is 0 Å². The van der Waals surface area contributed by atoms with Crippen molar-refractivity contribution in [2.75, 3.05) is 24.9 Å². The van der Waals surface area contributed by atoms with Gasteiger partial charge in [-0.2, -0.15) is 4.41 Å². The van der Waals surface area contributed by atoms with Crippen LogP contribution in [0.1, 0.15) is 13.3 Å². The summed E-state index contributed by atoms with van der Waals surface area (Å²) in [5.74, 6) is -0.959. The predicted molar refractivity (Wildman–Crippen MR) is 64.3 cm³/mol. The third kappa shape index (κ3) is 4.78. The molecule has 0 unspecified atom stereocenters. The number of sulfonamides is 2. The Kier molecular flexibility index (Phi) is 5.85. The minimum Gasteiger partial charge on any atom is -0.272 e. The molecule has 7 nitrogen and oxygen atoms in total. The van der Waals surface area contributed by atoms with Crippen LogP contribution >= 0.6 is 11.6 Å². The van der Waals surface area contributed by atoms with Crippen molar-refractivity contribution in [1.82, 2.24) is 8.83 Å². The number of hydrazine groups is 1. The minimum atomic E-state index is -4.01. The van der Waals surface area contributed by atoms with Gasteiger partial charge in [-0.15, -0.1) is 11.6 Å². The number of carbonyl (C=O) groups is 1. The SMILES string of the molecule is CCC(=O)N(N(CCCl)S(C)(=O)=O)S(C)(=O)=O. The normalized spacial score (nSPS) is 12.8. The maximum atomic E-state index is 11.5. The van der Waals surface area contributed by atoms with Crippen LogP contribution in [-0.4, -0.2) is 56.5 Å². The molecule has 0 atom stereocenters. The summed E-state index contributed by atoms with van der Waals surface area (Å²) in [7, 11) is -7.90. The fraction of sp³-hybridized carbons (Fsp3) is 0.857. The second-order valence-electron chi connectivity index (χ2n) is 3.25. The van der Waals surface area contributed by atoms with E-state index in [-0.39, 0.29) is 23.3 Å². The van der Waals surface area contributed by atoms with Crippen molar-refractivity contribution in [1.29, 1.82) is 0 Å². The Balaban J connectivity index is 5.64. The summed E-state index contributed by atoms with van der Waals surface area (Å²) in [6.07, 6.45) is 1.43. The summed E-state index contributed by atoms with van der Waals surface area (Å²) in [6.45, 7) is 1.14. The van der Waals surface area contributed by atoms with E-state index in [9.17, 15) is 21.6 Å². The molecule has 0 aliphatic rings. The molecule has 0 rings (SSSR count). The highest BCUT2D eigenvalue weighted by atomic mass is 35.5. The lowest BCUT2D eigenvalue weighted by Crippen LogP contribution is -2.52. The molecular weight excluding hydrogens is 292 g/mol. The van der Waals surface area contributed by atoms with Crippen molar-refractivity contribution in [2.24, 2.45) is 0 Å². The molecule has 1 amide bonds. The average Bonchev–Trinajstić information content (AvgIpc) is 2.13. The first-order chi connectivity index (χ1) is 7.55. The Hall–Kier alpha value is -0.380. The predicted octanol–water partition coefficient (Wildman–Crippen LogP) is -0.400. The van der Waals surface area contributed by atoms with Crippen LogP contribution in [0.25, 0.3) is 0 Å². The summed E-state index contributed by atoms with van der Waals surface area (Å²) in [5, 5.41) is 0. The zero-order valence-electron chi connectivity index (χ0n) is 9.75. The first-order valence-corrected chi connectivity index (χ1v) is 8.85. The second-order valence-corrected chi connectivity index (χ2v) is 7.33. The van der Waals surface area contributed by atoms with E-state index < -0.39 is 26.0 Å². The first kappa shape index (κ1) is 16.6. The van der Waals surface area contributed by atoms with Gasteiger partial charge in [0.15, 0.2) is 0 Å². The number of amides is 1. The van der Waals surface area contributed by atoms with Gasteiger partial charge in [0.1, 0.15) is 0 Å². The lowest BCUT2D eigenvalue weighted by molar-refractivity contribution is -0.132. The lowest BCUT2D eigenvalue weighted by Gasteiger charge is -2.29. The molecule has 0 spiro atoms. The summed E-state index contributed by atoms with van der Waals surface area (Å²) in [6, 6.07) is 0. The molecular formula is C7H15ClN2O5S2. The number of hydrogen-bond acceptors (Lipinski definition) is 5. The van der Waals surface area contributed by atoms with Crippen LogP contribution in [0.5, 0.6) is 0 Å². The topological polar surface area (TPSA) is 91.8 Å². The first-order valence-electron chi connectivity index (χ1n) is 4.62. The van der Waals surface area contributed by atoms with Gasteiger partial charge in [-0.3, -0.25) is 4.79 Å². The minimum absolute atomic E-state index is 0.129. The molecule has 0 fully saturated rings. The van der Waals surface area contributed by atoms with E-state index in [2.05, 4.69) is 0 Å². The third-order valence-corrected chi connectivity index (χ3v) is 4.10. The zero-order valence-corrected chi connectivity index (χ0v) is 12.1. The number of hydrogen-bond donors (Lipinski definition) is 0. The molecule has 0 aromatic heterocycles. The molecule has 0 aliphatic carbocycles. The van der Waals surface area contributed by atoms with Gasteiger partial charge in [-0.1, -0.05) is 11.3 Å². The third-order valence-electron chi connectivity index (χ3n) is 1.69. The maximum absolute atomic E-state index is 11.5. The van der Waals surface area contributed by atoms with Gasteiger partial charge in [-0.05, 0) is 0 Å². The molecule has 0 radical (unpaired) electrons. The quantitative estimate of drug-likeness (QED) is 0.492. The van der Waals surface area contributed by atoms with E-state index in [1.165, 1.54) is 6.92 Å². The molecule has 0 aromatic carbocycles. The fourth-order valence-electron chi connectivity index (χ4n) is 1.07. The Bertz CT molecular complexity index is 472. The summed E-state index contributed by atoms with van der Waals surface area (Å²) in [5.41, 5.74) is 0. The van der Waals surface area contributed by atoms with Crippen molar-refractivity contribution in [3.63, 3.8) is 0 Å². The standard InChI is InChI=1S/C7H15ClN2O5S2/c1-4-7(11)10(17(3,14)15)9(6-5-8)16(2,12)13/h4-6H2,1-3H3. The van der Waals surface area contributed by atoms with Gasteiger partial charge in [-0.25, -0.2) is 16.8 Å². The van der Waals surface area contributed by atoms with Crippen LogP contribution in [0.15, 0.2) is 0 Å². The van der Waals surface area contributed by atoms with Crippen LogP contribution < -0.4 is 0 Å². The van der Waals surface area contributed by atoms with Gasteiger partial charge in [0.2, 0.25) is 20.0 Å². The van der Waals surface area contributed by atoms with Crippen LogP contribution in [0.2, 0.25) is 0 Å². The molecule has 0 aromatic rings. The highest BCUT2D eigenvalue weighted by Gasteiger charge is 2.34. The van der Waals surface area contributed by atoms with Crippen LogP contribution in [0, 0.1) is 0 Å². The average molecular weight is 307 g/mol. The Morgan fingerprint density at radius 3 is 1.82 bits per heavy atom. The molecule has 0 aliphatic heterocycles. The summed E-state index contributed by atoms with van der Waals surface area (Å²) < 4.78 is 46.5. The van der Waals surface area contributed by atoms with E-state index in [0.29, 0.717) is 4.41 Å². The number of halogens is 1. The molecule has 17 heavy (non-hydrogen) atoms. The van der Waals surface area contributed by atoms with Gasteiger partial charge in [0, 0.05) is 18.8 Å². The van der Waals surface area contributed by atoms with E-state index in [4.69, 9.17) is 11.6 Å². The summed E-state index contributed by atoms with van der Waals surface area (Å²) in [4.78, 5) is 11.5. The fourth-order valence-corrected chi connectivity index (χ4v) is 3.76. The smallest absolute Gasteiger partial charge is 0.251 e. The molecule has 102 valence electrons. The second kappa shape index (κ2) is 5.98. The molecule has 0 bridgehead atoms. The molecule has 0 saturated carbocycles. The highest BCUT2D eigenvalue weighted by Crippen LogP contribution is 2.12. The maximum Gasteiger partial charge on any atom is 0.251 e. The highest BCUT2D eigenvalue weighted by molar-refractivity contribution is 7.91. The van der Waals surface area contributed by atoms with Crippen molar-refractivity contribution in [3.8, 4) is 0 Å². The number of rotatable bonds is 6. The van der Waals surface area contributed by atoms with E-state index >= 15 is 0 Å². The molecule has 0 heterocycles. The molecule has 0 N–H and O–H groups in total. The van der Waals surface area contributed by atoms with Crippen LogP contribution in [0.4, 0.5) is 0 Å². The van der Waals surface area contributed by atoms with E-state index in [1.54, 1.807) is 0 Å². The Labute approximate surface area is 106 Å². The van der Waals surface area contributed by atoms with Crippen molar-refractivity contribution < 1.29 is 21.6 Å². The molecule has 10 heteroatoms. The van der Waals surface area contributed by atoms with Gasteiger partial charge in [0.05, 0.1) is 12.5 Å². The number of nitrogens with zero attached hydrogens (tertiary/aromatic N) is 2. The largest absolute Gasteiger partial charge is 0.272 e. The van der Waals surface area contributed by atoms with Crippen molar-refractivity contribution in [2.45, 2.75) is 13.3 Å². The number of alkyl halides is 1. The van der Waals surface area contributed by atoms with E-state index in [0.717, 1.165) is 12.5 Å².